The van der Waals surface area contributed by atoms with Gasteiger partial charge in [0.1, 0.15) is 6.10 Å². The van der Waals surface area contributed by atoms with Gasteiger partial charge in [0, 0.05) is 14.8 Å². The molecule has 1 aliphatic rings. The second kappa shape index (κ2) is 5.41. The Morgan fingerprint density at radius 2 is 2.15 bits per heavy atom. The maximum Gasteiger partial charge on any atom is 0.254 e. The molecule has 1 aliphatic heterocycles. The van der Waals surface area contributed by atoms with Crippen LogP contribution in [0.2, 0.25) is 5.02 Å². The lowest BCUT2D eigenvalue weighted by molar-refractivity contribution is -0.123. The molecule has 104 valence electrons. The molecule has 0 saturated carbocycles. The SMILES string of the molecule is Cc1csc([C@@H]2Sc3cc(Cl)ccc3NC(=O)[C@@H]2O)c1. The molecule has 1 aromatic heterocycles. The third-order valence-electron chi connectivity index (χ3n) is 3.04. The first-order valence-electron chi connectivity index (χ1n) is 6.05. The van der Waals surface area contributed by atoms with E-state index in [1.165, 1.54) is 11.8 Å². The Morgan fingerprint density at radius 1 is 1.35 bits per heavy atom. The van der Waals surface area contributed by atoms with Crippen LogP contribution in [0.5, 0.6) is 0 Å². The van der Waals surface area contributed by atoms with Crippen LogP contribution in [0, 0.1) is 6.92 Å². The van der Waals surface area contributed by atoms with E-state index in [9.17, 15) is 9.90 Å². The minimum atomic E-state index is -1.08. The summed E-state index contributed by atoms with van der Waals surface area (Å²) in [4.78, 5) is 13.9. The highest BCUT2D eigenvalue weighted by Gasteiger charge is 2.33. The van der Waals surface area contributed by atoms with Gasteiger partial charge >= 0.3 is 0 Å². The maximum absolute atomic E-state index is 12.0. The Bertz CT molecular complexity index is 671. The third kappa shape index (κ3) is 2.59. The fourth-order valence-corrected chi connectivity index (χ4v) is 4.66. The van der Waals surface area contributed by atoms with Crippen LogP contribution < -0.4 is 5.32 Å². The maximum atomic E-state index is 12.0. The number of amides is 1. The Labute approximate surface area is 130 Å². The van der Waals surface area contributed by atoms with Gasteiger partial charge < -0.3 is 10.4 Å². The van der Waals surface area contributed by atoms with Crippen LogP contribution in [0.1, 0.15) is 15.7 Å². The Hall–Kier alpha value is -1.01. The van der Waals surface area contributed by atoms with Crippen LogP contribution in [0.15, 0.2) is 34.5 Å². The highest BCUT2D eigenvalue weighted by molar-refractivity contribution is 8.00. The molecule has 3 nitrogen and oxygen atoms in total. The molecule has 20 heavy (non-hydrogen) atoms. The highest BCUT2D eigenvalue weighted by Crippen LogP contribution is 2.46. The van der Waals surface area contributed by atoms with E-state index in [1.54, 1.807) is 23.5 Å². The molecule has 0 bridgehead atoms. The van der Waals surface area contributed by atoms with Gasteiger partial charge in [-0.1, -0.05) is 11.6 Å². The highest BCUT2D eigenvalue weighted by atomic mass is 35.5. The predicted molar refractivity (Wildman–Crippen MR) is 83.7 cm³/mol. The molecule has 1 amide bonds. The zero-order valence-corrected chi connectivity index (χ0v) is 13.0. The van der Waals surface area contributed by atoms with Crippen molar-refractivity contribution in [3.05, 3.63) is 45.1 Å². The van der Waals surface area contributed by atoms with Crippen molar-refractivity contribution in [2.45, 2.75) is 23.2 Å². The van der Waals surface area contributed by atoms with Gasteiger partial charge in [-0.05, 0) is 42.1 Å². The van der Waals surface area contributed by atoms with Crippen LogP contribution >= 0.6 is 34.7 Å². The fraction of sp³-hybridized carbons (Fsp3) is 0.214. The van der Waals surface area contributed by atoms with Crippen LogP contribution in [0.4, 0.5) is 5.69 Å². The minimum absolute atomic E-state index is 0.312. The molecule has 2 heterocycles. The van der Waals surface area contributed by atoms with Gasteiger partial charge in [-0.25, -0.2) is 0 Å². The molecule has 0 radical (unpaired) electrons. The van der Waals surface area contributed by atoms with Gasteiger partial charge in [-0.15, -0.1) is 23.1 Å². The van der Waals surface area contributed by atoms with E-state index >= 15 is 0 Å². The number of hydrogen-bond acceptors (Lipinski definition) is 4. The number of aliphatic hydroxyl groups excluding tert-OH is 1. The van der Waals surface area contributed by atoms with Crippen molar-refractivity contribution in [1.29, 1.82) is 0 Å². The lowest BCUT2D eigenvalue weighted by Gasteiger charge is -2.16. The summed E-state index contributed by atoms with van der Waals surface area (Å²) in [7, 11) is 0. The number of thioether (sulfide) groups is 1. The average molecular weight is 326 g/mol. The van der Waals surface area contributed by atoms with Crippen LogP contribution in [-0.2, 0) is 4.79 Å². The molecule has 3 rings (SSSR count). The topological polar surface area (TPSA) is 49.3 Å². The number of nitrogens with one attached hydrogen (secondary N) is 1. The monoisotopic (exact) mass is 325 g/mol. The number of carbonyl (C=O) groups is 1. The van der Waals surface area contributed by atoms with Crippen LogP contribution in [-0.4, -0.2) is 17.1 Å². The quantitative estimate of drug-likeness (QED) is 0.837. The van der Waals surface area contributed by atoms with E-state index in [-0.39, 0.29) is 11.2 Å². The summed E-state index contributed by atoms with van der Waals surface area (Å²) in [5.74, 6) is -0.380. The van der Waals surface area contributed by atoms with E-state index in [0.717, 1.165) is 15.3 Å². The van der Waals surface area contributed by atoms with E-state index in [2.05, 4.69) is 5.32 Å². The smallest absolute Gasteiger partial charge is 0.254 e. The summed E-state index contributed by atoms with van der Waals surface area (Å²) in [6.07, 6.45) is -1.08. The second-order valence-corrected chi connectivity index (χ2v) is 7.20. The number of benzene rings is 1. The van der Waals surface area contributed by atoms with Crippen molar-refractivity contribution in [2.24, 2.45) is 0 Å². The molecular weight excluding hydrogens is 314 g/mol. The van der Waals surface area contributed by atoms with Crippen molar-refractivity contribution in [1.82, 2.24) is 0 Å². The summed E-state index contributed by atoms with van der Waals surface area (Å²) in [5, 5.41) is 15.3. The van der Waals surface area contributed by atoms with Gasteiger partial charge in [0.25, 0.3) is 5.91 Å². The molecule has 0 fully saturated rings. The summed E-state index contributed by atoms with van der Waals surface area (Å²) < 4.78 is 0. The zero-order chi connectivity index (χ0) is 14.3. The van der Waals surface area contributed by atoms with Gasteiger partial charge in [0.2, 0.25) is 0 Å². The summed E-state index contributed by atoms with van der Waals surface area (Å²) >= 11 is 9.03. The number of anilines is 1. The molecule has 2 aromatic rings. The fourth-order valence-electron chi connectivity index (χ4n) is 2.06. The van der Waals surface area contributed by atoms with Crippen molar-refractivity contribution < 1.29 is 9.90 Å². The van der Waals surface area contributed by atoms with E-state index in [1.807, 2.05) is 24.4 Å². The summed E-state index contributed by atoms with van der Waals surface area (Å²) in [6, 6.07) is 7.31. The predicted octanol–water partition coefficient (Wildman–Crippen LogP) is 3.86. The molecule has 6 heteroatoms. The normalized spacial score (nSPS) is 22.1. The molecule has 0 unspecified atom stereocenters. The Morgan fingerprint density at radius 3 is 2.85 bits per heavy atom. The second-order valence-electron chi connectivity index (χ2n) is 4.64. The first kappa shape index (κ1) is 13.9. The molecule has 0 aliphatic carbocycles. The number of halogens is 1. The molecule has 2 atom stereocenters. The molecule has 1 aromatic carbocycles. The van der Waals surface area contributed by atoms with E-state index < -0.39 is 6.10 Å². The largest absolute Gasteiger partial charge is 0.382 e. The molecule has 0 spiro atoms. The van der Waals surface area contributed by atoms with E-state index in [4.69, 9.17) is 11.6 Å². The minimum Gasteiger partial charge on any atom is -0.382 e. The van der Waals surface area contributed by atoms with Crippen LogP contribution in [0.25, 0.3) is 0 Å². The Kier molecular flexibility index (Phi) is 3.77. The number of rotatable bonds is 1. The molecule has 0 saturated heterocycles. The standard InChI is InChI=1S/C14H12ClNO2S2/c1-7-4-11(19-6-7)13-12(17)14(18)16-9-3-2-8(15)5-10(9)20-13/h2-6,12-13,17H,1H3,(H,16,18)/t12-,13+/m1/s1. The lowest BCUT2D eigenvalue weighted by atomic mass is 10.2. The number of carbonyl (C=O) groups excluding carboxylic acids is 1. The first-order chi connectivity index (χ1) is 9.54. The first-order valence-corrected chi connectivity index (χ1v) is 8.18. The summed E-state index contributed by atoms with van der Waals surface area (Å²) in [5.41, 5.74) is 1.83. The number of fused-ring (bicyclic) bond motifs is 1. The number of aliphatic hydroxyl groups is 1. The number of hydrogen-bond donors (Lipinski definition) is 2. The molecule has 2 N–H and O–H groups in total. The van der Waals surface area contributed by atoms with Gasteiger partial charge in [-0.2, -0.15) is 0 Å². The lowest BCUT2D eigenvalue weighted by Crippen LogP contribution is -2.30. The van der Waals surface area contributed by atoms with Crippen molar-refractivity contribution >= 4 is 46.3 Å². The zero-order valence-electron chi connectivity index (χ0n) is 10.6. The third-order valence-corrected chi connectivity index (χ3v) is 5.92. The van der Waals surface area contributed by atoms with Crippen molar-refractivity contribution in [3.8, 4) is 0 Å². The van der Waals surface area contributed by atoms with Gasteiger partial charge in [0.15, 0.2) is 0 Å². The van der Waals surface area contributed by atoms with Crippen molar-refractivity contribution in [2.75, 3.05) is 5.32 Å². The number of thiophene rings is 1. The van der Waals surface area contributed by atoms with Gasteiger partial charge in [0.05, 0.1) is 10.9 Å². The number of aryl methyl sites for hydroxylation is 1. The average Bonchev–Trinajstić information content (AvgIpc) is 2.79. The Balaban J connectivity index is 2.04. The van der Waals surface area contributed by atoms with Crippen molar-refractivity contribution in [3.63, 3.8) is 0 Å². The molecular formula is C14H12ClNO2S2. The van der Waals surface area contributed by atoms with E-state index in [0.29, 0.717) is 10.7 Å². The van der Waals surface area contributed by atoms with Gasteiger partial charge in [-0.3, -0.25) is 4.79 Å². The summed E-state index contributed by atoms with van der Waals surface area (Å²) in [6.45, 7) is 2.00. The van der Waals surface area contributed by atoms with Crippen LogP contribution in [0.3, 0.4) is 0 Å².